The Morgan fingerprint density at radius 1 is 1.24 bits per heavy atom. The summed E-state index contributed by atoms with van der Waals surface area (Å²) in [4.78, 5) is 16.5. The van der Waals surface area contributed by atoms with Gasteiger partial charge in [-0.25, -0.2) is 0 Å². The van der Waals surface area contributed by atoms with Gasteiger partial charge in [-0.05, 0) is 24.3 Å². The van der Waals surface area contributed by atoms with E-state index in [0.29, 0.717) is 33.9 Å². The molecule has 9 heteroatoms. The van der Waals surface area contributed by atoms with E-state index in [2.05, 4.69) is 15.5 Å². The molecular weight excluding hydrogens is 352 g/mol. The van der Waals surface area contributed by atoms with Crippen LogP contribution in [0, 0.1) is 0 Å². The van der Waals surface area contributed by atoms with E-state index in [1.165, 1.54) is 12.3 Å². The summed E-state index contributed by atoms with van der Waals surface area (Å²) in [6.45, 7) is 0. The fraction of sp³-hybridized carbons (Fsp3) is 0.188. The molecule has 0 saturated heterocycles. The quantitative estimate of drug-likeness (QED) is 0.632. The predicted octanol–water partition coefficient (Wildman–Crippen LogP) is 4.22. The number of furan rings is 1. The van der Waals surface area contributed by atoms with Crippen molar-refractivity contribution in [1.29, 1.82) is 0 Å². The topological polar surface area (TPSA) is 81.2 Å². The molecule has 2 aromatic heterocycles. The second-order valence-corrected chi connectivity index (χ2v) is 5.94. The Hall–Kier alpha value is -2.68. The Kier molecular flexibility index (Phi) is 5.44. The van der Waals surface area contributed by atoms with Gasteiger partial charge in [-0.2, -0.15) is 13.8 Å². The van der Waals surface area contributed by atoms with E-state index in [1.807, 2.05) is 0 Å². The van der Waals surface area contributed by atoms with Gasteiger partial charge >= 0.3 is 0 Å². The third kappa shape index (κ3) is 4.66. The van der Waals surface area contributed by atoms with E-state index >= 15 is 0 Å². The van der Waals surface area contributed by atoms with Crippen molar-refractivity contribution >= 4 is 23.4 Å². The zero-order valence-electron chi connectivity index (χ0n) is 12.8. The number of nitrogens with one attached hydrogen (secondary N) is 1. The van der Waals surface area contributed by atoms with E-state index in [1.54, 1.807) is 30.3 Å². The van der Waals surface area contributed by atoms with Crippen LogP contribution in [0.2, 0.25) is 0 Å². The number of nitrogens with zero attached hydrogens (tertiary/aromatic N) is 2. The van der Waals surface area contributed by atoms with Gasteiger partial charge in [-0.15, -0.1) is 0 Å². The summed E-state index contributed by atoms with van der Waals surface area (Å²) < 4.78 is 35.3. The van der Waals surface area contributed by atoms with Gasteiger partial charge in [0.15, 0.2) is 5.76 Å². The lowest BCUT2D eigenvalue weighted by Gasteiger charge is -2.09. The highest BCUT2D eigenvalue weighted by Crippen LogP contribution is 2.31. The maximum absolute atomic E-state index is 12.5. The molecule has 0 radical (unpaired) electrons. The minimum absolute atomic E-state index is 0.0769. The number of rotatable bonds is 7. The van der Waals surface area contributed by atoms with Crippen molar-refractivity contribution in [2.24, 2.45) is 0 Å². The third-order valence-corrected chi connectivity index (χ3v) is 3.94. The van der Waals surface area contributed by atoms with Crippen molar-refractivity contribution in [2.45, 2.75) is 23.5 Å². The van der Waals surface area contributed by atoms with Crippen LogP contribution in [-0.4, -0.2) is 21.8 Å². The largest absolute Gasteiger partial charge is 0.461 e. The molecule has 1 N–H and O–H groups in total. The number of anilines is 1. The number of hydrogen-bond acceptors (Lipinski definition) is 6. The van der Waals surface area contributed by atoms with Gasteiger partial charge in [0.2, 0.25) is 17.6 Å². The van der Waals surface area contributed by atoms with E-state index in [0.717, 1.165) is 0 Å². The second-order valence-electron chi connectivity index (χ2n) is 4.91. The standard InChI is InChI=1S/C16H13F2N3O3S/c17-16(18)25-12-6-2-1-4-10(12)19-13(22)7-8-14-20-15(21-24-14)11-5-3-9-23-11/h1-6,9,16H,7-8H2,(H,19,22). The molecule has 6 nitrogen and oxygen atoms in total. The van der Waals surface area contributed by atoms with E-state index in [-0.39, 0.29) is 24.6 Å². The summed E-state index contributed by atoms with van der Waals surface area (Å²) in [5.41, 5.74) is 0.347. The third-order valence-electron chi connectivity index (χ3n) is 3.15. The summed E-state index contributed by atoms with van der Waals surface area (Å²) in [7, 11) is 0. The molecule has 1 amide bonds. The highest BCUT2D eigenvalue weighted by atomic mass is 32.2. The zero-order valence-corrected chi connectivity index (χ0v) is 13.6. The molecule has 3 aromatic rings. The number of hydrogen-bond donors (Lipinski definition) is 1. The zero-order chi connectivity index (χ0) is 17.6. The Morgan fingerprint density at radius 2 is 2.08 bits per heavy atom. The number of aromatic nitrogens is 2. The highest BCUT2D eigenvalue weighted by Gasteiger charge is 2.14. The molecule has 0 unspecified atom stereocenters. The first-order valence-corrected chi connectivity index (χ1v) is 8.20. The van der Waals surface area contributed by atoms with Crippen LogP contribution in [0.15, 0.2) is 56.5 Å². The minimum atomic E-state index is -2.56. The van der Waals surface area contributed by atoms with Crippen molar-refractivity contribution in [1.82, 2.24) is 10.1 Å². The fourth-order valence-electron chi connectivity index (χ4n) is 2.06. The predicted molar refractivity (Wildman–Crippen MR) is 87.3 cm³/mol. The number of amides is 1. The van der Waals surface area contributed by atoms with Crippen LogP contribution in [0.5, 0.6) is 0 Å². The Bertz CT molecular complexity index is 837. The molecule has 0 aliphatic heterocycles. The molecule has 0 atom stereocenters. The van der Waals surface area contributed by atoms with Crippen LogP contribution in [0.1, 0.15) is 12.3 Å². The summed E-state index contributed by atoms with van der Waals surface area (Å²) in [5.74, 6) is -1.83. The monoisotopic (exact) mass is 365 g/mol. The number of alkyl halides is 2. The van der Waals surface area contributed by atoms with Gasteiger partial charge in [0.1, 0.15) is 0 Å². The molecule has 0 bridgehead atoms. The molecule has 0 aliphatic rings. The number of para-hydroxylation sites is 1. The van der Waals surface area contributed by atoms with Gasteiger partial charge in [0, 0.05) is 17.7 Å². The number of carbonyl (C=O) groups excluding carboxylic acids is 1. The fourth-order valence-corrected chi connectivity index (χ4v) is 2.66. The molecule has 0 spiro atoms. The SMILES string of the molecule is O=C(CCc1nc(-c2ccco2)no1)Nc1ccccc1SC(F)F. The lowest BCUT2D eigenvalue weighted by atomic mass is 10.2. The van der Waals surface area contributed by atoms with Gasteiger partial charge in [-0.3, -0.25) is 4.79 Å². The van der Waals surface area contributed by atoms with Crippen molar-refractivity contribution < 1.29 is 22.5 Å². The number of halogens is 2. The first kappa shape index (κ1) is 17.2. The number of carbonyl (C=O) groups is 1. The van der Waals surface area contributed by atoms with Crippen molar-refractivity contribution in [2.75, 3.05) is 5.32 Å². The van der Waals surface area contributed by atoms with Crippen LogP contribution in [-0.2, 0) is 11.2 Å². The normalized spacial score (nSPS) is 11.0. The number of benzene rings is 1. The molecule has 3 rings (SSSR count). The molecule has 2 heterocycles. The number of thioether (sulfide) groups is 1. The highest BCUT2D eigenvalue weighted by molar-refractivity contribution is 7.99. The first-order chi connectivity index (χ1) is 12.1. The Labute approximate surface area is 145 Å². The van der Waals surface area contributed by atoms with Crippen molar-refractivity contribution in [3.8, 4) is 11.6 Å². The molecule has 25 heavy (non-hydrogen) atoms. The molecule has 0 aliphatic carbocycles. The summed E-state index contributed by atoms with van der Waals surface area (Å²) in [6, 6.07) is 9.80. The van der Waals surface area contributed by atoms with Crippen LogP contribution in [0.25, 0.3) is 11.6 Å². The number of aryl methyl sites for hydroxylation is 1. The molecule has 0 fully saturated rings. The van der Waals surface area contributed by atoms with E-state index in [9.17, 15) is 13.6 Å². The summed E-state index contributed by atoms with van der Waals surface area (Å²) in [6.07, 6.45) is 1.80. The van der Waals surface area contributed by atoms with Crippen LogP contribution in [0.4, 0.5) is 14.5 Å². The molecule has 1 aromatic carbocycles. The van der Waals surface area contributed by atoms with Crippen LogP contribution < -0.4 is 5.32 Å². The van der Waals surface area contributed by atoms with Gasteiger partial charge in [0.25, 0.3) is 5.76 Å². The van der Waals surface area contributed by atoms with E-state index in [4.69, 9.17) is 8.94 Å². The van der Waals surface area contributed by atoms with Gasteiger partial charge in [0.05, 0.1) is 12.0 Å². The average molecular weight is 365 g/mol. The average Bonchev–Trinajstić information content (AvgIpc) is 3.25. The molecular formula is C16H13F2N3O3S. The summed E-state index contributed by atoms with van der Waals surface area (Å²) in [5, 5.41) is 6.39. The van der Waals surface area contributed by atoms with Gasteiger partial charge < -0.3 is 14.3 Å². The summed E-state index contributed by atoms with van der Waals surface area (Å²) >= 11 is 0.384. The lowest BCUT2D eigenvalue weighted by Crippen LogP contribution is -2.13. The molecule has 130 valence electrons. The van der Waals surface area contributed by atoms with E-state index < -0.39 is 5.76 Å². The Morgan fingerprint density at radius 3 is 2.84 bits per heavy atom. The molecule has 0 saturated carbocycles. The first-order valence-electron chi connectivity index (χ1n) is 7.32. The van der Waals surface area contributed by atoms with Crippen molar-refractivity contribution in [3.05, 3.63) is 48.6 Å². The van der Waals surface area contributed by atoms with Crippen LogP contribution in [0.3, 0.4) is 0 Å². The lowest BCUT2D eigenvalue weighted by molar-refractivity contribution is -0.116. The van der Waals surface area contributed by atoms with Gasteiger partial charge in [-0.1, -0.05) is 29.1 Å². The smallest absolute Gasteiger partial charge is 0.288 e. The minimum Gasteiger partial charge on any atom is -0.461 e. The maximum atomic E-state index is 12.5. The Balaban J connectivity index is 1.57. The maximum Gasteiger partial charge on any atom is 0.288 e. The van der Waals surface area contributed by atoms with Crippen LogP contribution >= 0.6 is 11.8 Å². The second kappa shape index (κ2) is 7.93. The van der Waals surface area contributed by atoms with Crippen molar-refractivity contribution in [3.63, 3.8) is 0 Å².